The van der Waals surface area contributed by atoms with Gasteiger partial charge in [0.05, 0.1) is 0 Å². The molecule has 106 valence electrons. The molecule has 2 rings (SSSR count). The predicted molar refractivity (Wildman–Crippen MR) is 87.0 cm³/mol. The van der Waals surface area contributed by atoms with Crippen molar-refractivity contribution in [3.63, 3.8) is 0 Å². The van der Waals surface area contributed by atoms with Gasteiger partial charge in [-0.3, -0.25) is 0 Å². The molecule has 0 aliphatic rings. The fourth-order valence-electron chi connectivity index (χ4n) is 2.20. The summed E-state index contributed by atoms with van der Waals surface area (Å²) in [4.78, 5) is 0. The van der Waals surface area contributed by atoms with Crippen molar-refractivity contribution in [2.45, 2.75) is 6.92 Å². The van der Waals surface area contributed by atoms with Crippen molar-refractivity contribution in [2.24, 2.45) is 0 Å². The quantitative estimate of drug-likeness (QED) is 0.600. The first-order valence-electron chi connectivity index (χ1n) is 6.70. The highest BCUT2D eigenvalue weighted by atomic mass is 16.7. The van der Waals surface area contributed by atoms with Crippen molar-refractivity contribution >= 4 is 6.08 Å². The van der Waals surface area contributed by atoms with Gasteiger partial charge in [-0.25, -0.2) is 0 Å². The summed E-state index contributed by atoms with van der Waals surface area (Å²) in [5.74, 6) is 3.32. The van der Waals surface area contributed by atoms with Gasteiger partial charge in [0.2, 0.25) is 0 Å². The molecule has 0 heterocycles. The third-order valence-corrected chi connectivity index (χ3v) is 3.03. The van der Waals surface area contributed by atoms with Gasteiger partial charge in [0, 0.05) is 12.7 Å². The van der Waals surface area contributed by atoms with Gasteiger partial charge in [-0.15, -0.1) is 6.42 Å². The van der Waals surface area contributed by atoms with Gasteiger partial charge in [-0.05, 0) is 41.8 Å². The maximum Gasteiger partial charge on any atom is 0.188 e. The van der Waals surface area contributed by atoms with E-state index in [9.17, 15) is 0 Å². The molecule has 2 aromatic carbocycles. The highest BCUT2D eigenvalue weighted by Gasteiger charge is 2.11. The van der Waals surface area contributed by atoms with Crippen molar-refractivity contribution in [1.29, 1.82) is 0 Å². The molecule has 0 saturated heterocycles. The van der Waals surface area contributed by atoms with Gasteiger partial charge >= 0.3 is 0 Å². The van der Waals surface area contributed by atoms with Gasteiger partial charge < -0.3 is 9.47 Å². The third-order valence-electron chi connectivity index (χ3n) is 3.03. The Morgan fingerprint density at radius 1 is 1.19 bits per heavy atom. The summed E-state index contributed by atoms with van der Waals surface area (Å²) >= 11 is 0. The van der Waals surface area contributed by atoms with Crippen molar-refractivity contribution in [2.75, 3.05) is 13.9 Å². The molecule has 0 unspecified atom stereocenters. The second-order valence-electron chi connectivity index (χ2n) is 4.64. The number of aryl methyl sites for hydroxylation is 1. The molecule has 0 aromatic heterocycles. The molecular weight excluding hydrogens is 260 g/mol. The summed E-state index contributed by atoms with van der Waals surface area (Å²) in [5, 5.41) is 0. The lowest BCUT2D eigenvalue weighted by molar-refractivity contribution is 0.0515. The summed E-state index contributed by atoms with van der Waals surface area (Å²) in [6, 6.07) is 14.2. The van der Waals surface area contributed by atoms with E-state index in [1.165, 1.54) is 0 Å². The van der Waals surface area contributed by atoms with Crippen molar-refractivity contribution in [3.05, 3.63) is 59.7 Å². The Kier molecular flexibility index (Phi) is 5.20. The number of ether oxygens (including phenoxy) is 2. The zero-order valence-corrected chi connectivity index (χ0v) is 12.3. The van der Waals surface area contributed by atoms with Crippen LogP contribution in [0, 0.1) is 19.3 Å². The second-order valence-corrected chi connectivity index (χ2v) is 4.64. The molecule has 0 radical (unpaired) electrons. The summed E-state index contributed by atoms with van der Waals surface area (Å²) in [6.45, 7) is 2.24. The Labute approximate surface area is 126 Å². The first-order chi connectivity index (χ1) is 10.3. The molecule has 0 bridgehead atoms. The number of terminal acetylenes is 1. The van der Waals surface area contributed by atoms with Crippen LogP contribution in [0.1, 0.15) is 11.1 Å². The van der Waals surface area contributed by atoms with Gasteiger partial charge in [0.25, 0.3) is 0 Å². The molecule has 0 fully saturated rings. The van der Waals surface area contributed by atoms with Crippen LogP contribution in [0.15, 0.2) is 48.5 Å². The van der Waals surface area contributed by atoms with E-state index >= 15 is 0 Å². The standard InChI is InChI=1S/C19H18O2/c1-4-5-9-17-12-15(2)13-18(21-14-20-3)19(17)16-10-7-6-8-11-16/h1,5-13H,14H2,2-3H3. The van der Waals surface area contributed by atoms with Crippen LogP contribution in [0.5, 0.6) is 5.75 Å². The molecule has 0 aliphatic carbocycles. The summed E-state index contributed by atoms with van der Waals surface area (Å²) in [6.07, 6.45) is 8.95. The van der Waals surface area contributed by atoms with Crippen LogP contribution in [-0.4, -0.2) is 13.9 Å². The van der Waals surface area contributed by atoms with E-state index < -0.39 is 0 Å². The van der Waals surface area contributed by atoms with Crippen molar-refractivity contribution < 1.29 is 9.47 Å². The second kappa shape index (κ2) is 7.33. The monoisotopic (exact) mass is 278 g/mol. The fraction of sp³-hybridized carbons (Fsp3) is 0.158. The van der Waals surface area contributed by atoms with Crippen LogP contribution in [0.4, 0.5) is 0 Å². The van der Waals surface area contributed by atoms with Gasteiger partial charge in [0.1, 0.15) is 5.75 Å². The molecule has 0 N–H and O–H groups in total. The fourth-order valence-corrected chi connectivity index (χ4v) is 2.20. The van der Waals surface area contributed by atoms with E-state index in [-0.39, 0.29) is 6.79 Å². The Balaban J connectivity index is 2.61. The first-order valence-corrected chi connectivity index (χ1v) is 6.70. The van der Waals surface area contributed by atoms with Crippen LogP contribution in [0.2, 0.25) is 0 Å². The molecule has 0 spiro atoms. The largest absolute Gasteiger partial charge is 0.467 e. The van der Waals surface area contributed by atoms with Gasteiger partial charge in [-0.2, -0.15) is 0 Å². The Bertz CT molecular complexity index is 664. The molecule has 2 heteroatoms. The minimum absolute atomic E-state index is 0.210. The van der Waals surface area contributed by atoms with E-state index in [1.807, 2.05) is 37.3 Å². The van der Waals surface area contributed by atoms with E-state index in [2.05, 4.69) is 24.1 Å². The van der Waals surface area contributed by atoms with Crippen LogP contribution in [-0.2, 0) is 4.74 Å². The highest BCUT2D eigenvalue weighted by molar-refractivity contribution is 5.81. The number of rotatable bonds is 5. The van der Waals surface area contributed by atoms with E-state index in [0.29, 0.717) is 0 Å². The number of allylic oxidation sites excluding steroid dienone is 1. The molecule has 21 heavy (non-hydrogen) atoms. The van der Waals surface area contributed by atoms with Gasteiger partial charge in [0.15, 0.2) is 6.79 Å². The lowest BCUT2D eigenvalue weighted by Gasteiger charge is -2.15. The van der Waals surface area contributed by atoms with Crippen LogP contribution in [0.25, 0.3) is 17.2 Å². The van der Waals surface area contributed by atoms with Crippen molar-refractivity contribution in [3.8, 4) is 29.2 Å². The van der Waals surface area contributed by atoms with Gasteiger partial charge in [-0.1, -0.05) is 42.3 Å². The minimum atomic E-state index is 0.210. The zero-order valence-electron chi connectivity index (χ0n) is 12.3. The minimum Gasteiger partial charge on any atom is -0.467 e. The molecule has 0 saturated carbocycles. The van der Waals surface area contributed by atoms with Crippen LogP contribution in [0.3, 0.4) is 0 Å². The smallest absolute Gasteiger partial charge is 0.188 e. The number of methoxy groups -OCH3 is 1. The highest BCUT2D eigenvalue weighted by Crippen LogP contribution is 2.35. The van der Waals surface area contributed by atoms with E-state index in [1.54, 1.807) is 13.2 Å². The number of benzene rings is 2. The maximum atomic E-state index is 5.73. The zero-order chi connectivity index (χ0) is 15.1. The number of hydrogen-bond acceptors (Lipinski definition) is 2. The van der Waals surface area contributed by atoms with E-state index in [4.69, 9.17) is 15.9 Å². The average molecular weight is 278 g/mol. The Morgan fingerprint density at radius 3 is 2.62 bits per heavy atom. The van der Waals surface area contributed by atoms with E-state index in [0.717, 1.165) is 28.0 Å². The van der Waals surface area contributed by atoms with Crippen LogP contribution >= 0.6 is 0 Å². The van der Waals surface area contributed by atoms with Crippen molar-refractivity contribution in [1.82, 2.24) is 0 Å². The molecule has 2 nitrogen and oxygen atoms in total. The molecule has 2 aromatic rings. The number of hydrogen-bond donors (Lipinski definition) is 0. The summed E-state index contributed by atoms with van der Waals surface area (Å²) < 4.78 is 10.8. The summed E-state index contributed by atoms with van der Waals surface area (Å²) in [7, 11) is 1.61. The predicted octanol–water partition coefficient (Wildman–Crippen LogP) is 4.29. The molecular formula is C19H18O2. The van der Waals surface area contributed by atoms with Crippen LogP contribution < -0.4 is 4.74 Å². The molecule has 0 atom stereocenters. The maximum absolute atomic E-state index is 5.73. The first kappa shape index (κ1) is 14.9. The lowest BCUT2D eigenvalue weighted by Crippen LogP contribution is -2.01. The molecule has 0 aliphatic heterocycles. The normalized spacial score (nSPS) is 10.5. The average Bonchev–Trinajstić information content (AvgIpc) is 2.51. The topological polar surface area (TPSA) is 18.5 Å². The molecule has 0 amide bonds. The SMILES string of the molecule is C#CC=Cc1cc(C)cc(OCOC)c1-c1ccccc1. The third kappa shape index (κ3) is 3.75. The summed E-state index contributed by atoms with van der Waals surface area (Å²) in [5.41, 5.74) is 4.24. The Hall–Kier alpha value is -2.50. The Morgan fingerprint density at radius 2 is 1.95 bits per heavy atom. The lowest BCUT2D eigenvalue weighted by atomic mass is 9.96.